The van der Waals surface area contributed by atoms with Gasteiger partial charge in [-0.25, -0.2) is 14.2 Å². The summed E-state index contributed by atoms with van der Waals surface area (Å²) in [6.45, 7) is 0.207. The van der Waals surface area contributed by atoms with Gasteiger partial charge in [0.05, 0.1) is 5.56 Å². The maximum absolute atomic E-state index is 14.0. The smallest absolute Gasteiger partial charge is 0.335 e. The van der Waals surface area contributed by atoms with Crippen molar-refractivity contribution in [2.45, 2.75) is 13.0 Å². The topological polar surface area (TPSA) is 83.7 Å². The molecule has 0 saturated heterocycles. The quantitative estimate of drug-likeness (QED) is 0.247. The molecule has 40 heavy (non-hydrogen) atoms. The molecule has 6 nitrogen and oxygen atoms in total. The molecule has 7 heteroatoms. The predicted octanol–water partition coefficient (Wildman–Crippen LogP) is 6.51. The fraction of sp³-hybridized carbons (Fsp3) is 0.0606. The van der Waals surface area contributed by atoms with Gasteiger partial charge in [0, 0.05) is 24.9 Å². The van der Waals surface area contributed by atoms with E-state index in [1.165, 1.54) is 24.3 Å². The molecule has 0 aliphatic rings. The number of carbonyl (C=O) groups excluding carboxylic acids is 1. The highest BCUT2D eigenvalue weighted by Crippen LogP contribution is 2.26. The Kier molecular flexibility index (Phi) is 6.54. The zero-order valence-electron chi connectivity index (χ0n) is 21.3. The van der Waals surface area contributed by atoms with Crippen molar-refractivity contribution in [3.63, 3.8) is 0 Å². The predicted molar refractivity (Wildman–Crippen MR) is 152 cm³/mol. The third kappa shape index (κ3) is 5.05. The summed E-state index contributed by atoms with van der Waals surface area (Å²) in [5, 5.41) is 14.4. The molecule has 2 heterocycles. The van der Waals surface area contributed by atoms with Gasteiger partial charge < -0.3 is 10.4 Å². The van der Waals surface area contributed by atoms with Crippen LogP contribution in [0.2, 0.25) is 0 Å². The van der Waals surface area contributed by atoms with Gasteiger partial charge in [0.1, 0.15) is 17.2 Å². The van der Waals surface area contributed by atoms with Crippen LogP contribution in [0.1, 0.15) is 37.7 Å². The Labute approximate surface area is 229 Å². The maximum atomic E-state index is 14.0. The number of hydrogen-bond acceptors (Lipinski definition) is 3. The van der Waals surface area contributed by atoms with Crippen molar-refractivity contribution in [1.82, 2.24) is 14.7 Å². The second-order valence-corrected chi connectivity index (χ2v) is 9.63. The van der Waals surface area contributed by atoms with Crippen molar-refractivity contribution in [2.24, 2.45) is 0 Å². The largest absolute Gasteiger partial charge is 0.478 e. The van der Waals surface area contributed by atoms with Gasteiger partial charge in [-0.15, -0.1) is 0 Å². The van der Waals surface area contributed by atoms with E-state index in [-0.39, 0.29) is 23.8 Å². The highest BCUT2D eigenvalue weighted by Gasteiger charge is 2.17. The zero-order chi connectivity index (χ0) is 27.6. The van der Waals surface area contributed by atoms with Crippen LogP contribution in [0.3, 0.4) is 0 Å². The van der Waals surface area contributed by atoms with E-state index in [2.05, 4.69) is 40.6 Å². The molecular weight excluding hydrogens is 505 g/mol. The summed E-state index contributed by atoms with van der Waals surface area (Å²) in [5.41, 5.74) is 5.12. The van der Waals surface area contributed by atoms with Crippen molar-refractivity contribution in [1.29, 1.82) is 0 Å². The molecular formula is C33H24FN3O3. The summed E-state index contributed by atoms with van der Waals surface area (Å²) in [7, 11) is 0. The number of amides is 1. The third-order valence-electron chi connectivity index (χ3n) is 6.92. The number of pyridine rings is 1. The second-order valence-electron chi connectivity index (χ2n) is 9.63. The number of nitrogens with one attached hydrogen (secondary N) is 1. The molecule has 2 aromatic heterocycles. The van der Waals surface area contributed by atoms with E-state index in [0.717, 1.165) is 27.6 Å². The number of rotatable bonds is 7. The Morgan fingerprint density at radius 2 is 1.57 bits per heavy atom. The molecule has 196 valence electrons. The first-order valence-corrected chi connectivity index (χ1v) is 12.8. The average Bonchev–Trinajstić information content (AvgIpc) is 3.38. The summed E-state index contributed by atoms with van der Waals surface area (Å²) in [6.07, 6.45) is 2.32. The second kappa shape index (κ2) is 10.5. The number of carbonyl (C=O) groups is 2. The van der Waals surface area contributed by atoms with Crippen LogP contribution in [-0.4, -0.2) is 26.4 Å². The minimum absolute atomic E-state index is 0.177. The lowest BCUT2D eigenvalue weighted by Crippen LogP contribution is -2.25. The average molecular weight is 530 g/mol. The lowest BCUT2D eigenvalue weighted by Gasteiger charge is -2.13. The number of aromatic carboxylic acids is 1. The number of benzene rings is 4. The summed E-state index contributed by atoms with van der Waals surface area (Å²) in [5.74, 6) is -1.71. The van der Waals surface area contributed by atoms with Gasteiger partial charge in [0.15, 0.2) is 0 Å². The molecule has 0 atom stereocenters. The van der Waals surface area contributed by atoms with Crippen LogP contribution < -0.4 is 5.32 Å². The van der Waals surface area contributed by atoms with Crippen LogP contribution in [0, 0.1) is 5.82 Å². The fourth-order valence-electron chi connectivity index (χ4n) is 4.90. The molecule has 6 rings (SSSR count). The molecule has 0 spiro atoms. The molecule has 0 bridgehead atoms. The molecule has 0 saturated carbocycles. The Morgan fingerprint density at radius 1 is 0.800 bits per heavy atom. The highest BCUT2D eigenvalue weighted by molar-refractivity contribution is 5.95. The summed E-state index contributed by atoms with van der Waals surface area (Å²) >= 11 is 0. The van der Waals surface area contributed by atoms with E-state index in [1.807, 2.05) is 22.6 Å². The Hall–Kier alpha value is -5.30. The van der Waals surface area contributed by atoms with Gasteiger partial charge in [0.25, 0.3) is 5.91 Å². The number of fused-ring (bicyclic) bond motifs is 2. The molecule has 6 aromatic rings. The standard InChI is InChI=1S/C33H24FN3O3/c34-28-7-3-6-26(16-28)27-17-30(32(38)36-19-21-8-12-24(13-9-21)33(39)40)37-29(20-35-31(37)18-27)15-22-10-11-23-4-1-2-5-25(23)14-22/h1-14,16-18,20H,15,19H2,(H,36,38)(H,39,40). The van der Waals surface area contributed by atoms with Gasteiger partial charge in [-0.1, -0.05) is 66.7 Å². The molecule has 0 aliphatic carbocycles. The van der Waals surface area contributed by atoms with Gasteiger partial charge in [-0.3, -0.25) is 9.20 Å². The van der Waals surface area contributed by atoms with Crippen molar-refractivity contribution in [3.05, 3.63) is 143 Å². The summed E-state index contributed by atoms with van der Waals surface area (Å²) in [6, 6.07) is 30.6. The van der Waals surface area contributed by atoms with Crippen LogP contribution in [0.5, 0.6) is 0 Å². The first-order valence-electron chi connectivity index (χ1n) is 12.8. The lowest BCUT2D eigenvalue weighted by atomic mass is 10.0. The van der Waals surface area contributed by atoms with Crippen molar-refractivity contribution in [3.8, 4) is 11.1 Å². The van der Waals surface area contributed by atoms with Gasteiger partial charge in [-0.2, -0.15) is 0 Å². The normalized spacial score (nSPS) is 11.1. The Bertz CT molecular complexity index is 1890. The van der Waals surface area contributed by atoms with E-state index in [9.17, 15) is 14.0 Å². The first-order chi connectivity index (χ1) is 19.4. The number of nitrogens with zero attached hydrogens (tertiary/aromatic N) is 2. The van der Waals surface area contributed by atoms with Crippen molar-refractivity contribution < 1.29 is 19.1 Å². The molecule has 1 amide bonds. The number of imidazole rings is 1. The summed E-state index contributed by atoms with van der Waals surface area (Å²) in [4.78, 5) is 29.4. The Morgan fingerprint density at radius 3 is 2.35 bits per heavy atom. The zero-order valence-corrected chi connectivity index (χ0v) is 21.3. The first kappa shape index (κ1) is 25.0. The molecule has 4 aromatic carbocycles. The van der Waals surface area contributed by atoms with E-state index in [0.29, 0.717) is 28.9 Å². The van der Waals surface area contributed by atoms with Crippen molar-refractivity contribution in [2.75, 3.05) is 0 Å². The van der Waals surface area contributed by atoms with Crippen LogP contribution in [-0.2, 0) is 13.0 Å². The number of aromatic nitrogens is 2. The van der Waals surface area contributed by atoms with E-state index >= 15 is 0 Å². The molecule has 0 fully saturated rings. The van der Waals surface area contributed by atoms with E-state index in [1.54, 1.807) is 36.5 Å². The van der Waals surface area contributed by atoms with Crippen LogP contribution in [0.25, 0.3) is 27.5 Å². The number of halogens is 1. The molecule has 2 N–H and O–H groups in total. The number of hydrogen-bond donors (Lipinski definition) is 2. The molecule has 0 aliphatic heterocycles. The Balaban J connectivity index is 1.38. The highest BCUT2D eigenvalue weighted by atomic mass is 19.1. The minimum Gasteiger partial charge on any atom is -0.478 e. The minimum atomic E-state index is -1.01. The van der Waals surface area contributed by atoms with Crippen molar-refractivity contribution >= 4 is 28.3 Å². The molecule has 0 unspecified atom stereocenters. The molecule has 0 radical (unpaired) electrons. The third-order valence-corrected chi connectivity index (χ3v) is 6.92. The van der Waals surface area contributed by atoms with Crippen LogP contribution in [0.4, 0.5) is 4.39 Å². The monoisotopic (exact) mass is 529 g/mol. The van der Waals surface area contributed by atoms with Crippen LogP contribution >= 0.6 is 0 Å². The van der Waals surface area contributed by atoms with E-state index < -0.39 is 5.97 Å². The van der Waals surface area contributed by atoms with Gasteiger partial charge in [0.2, 0.25) is 0 Å². The summed E-state index contributed by atoms with van der Waals surface area (Å²) < 4.78 is 15.9. The van der Waals surface area contributed by atoms with Crippen LogP contribution in [0.15, 0.2) is 109 Å². The fourth-order valence-corrected chi connectivity index (χ4v) is 4.90. The van der Waals surface area contributed by atoms with Gasteiger partial charge >= 0.3 is 5.97 Å². The SMILES string of the molecule is O=C(O)c1ccc(CNC(=O)c2cc(-c3cccc(F)c3)cc3ncc(Cc4ccc5ccccc5c4)n23)cc1. The number of carboxylic acid groups (broad SMARTS) is 1. The number of carboxylic acids is 1. The van der Waals surface area contributed by atoms with E-state index in [4.69, 9.17) is 5.11 Å². The van der Waals surface area contributed by atoms with Gasteiger partial charge in [-0.05, 0) is 69.4 Å². The lowest BCUT2D eigenvalue weighted by molar-refractivity contribution is 0.0696. The maximum Gasteiger partial charge on any atom is 0.335 e.